The lowest BCUT2D eigenvalue weighted by Gasteiger charge is -2.20. The number of phosphoric acid groups is 1. The van der Waals surface area contributed by atoms with Gasteiger partial charge in [0.15, 0.2) is 6.10 Å². The van der Waals surface area contributed by atoms with E-state index in [2.05, 4.69) is 18.4 Å². The highest BCUT2D eigenvalue weighted by molar-refractivity contribution is 7.47. The molecule has 0 aliphatic heterocycles. The third-order valence-corrected chi connectivity index (χ3v) is 9.81. The molecular formula is C38H74NO10P. The summed E-state index contributed by atoms with van der Waals surface area (Å²) in [5.41, 5.74) is 5.31. The first-order valence-electron chi connectivity index (χ1n) is 20.1. The van der Waals surface area contributed by atoms with Gasteiger partial charge in [0.05, 0.1) is 13.2 Å². The fraction of sp³-hybridized carbons (Fsp3) is 0.921. The minimum atomic E-state index is -4.70. The second-order valence-corrected chi connectivity index (χ2v) is 15.2. The summed E-state index contributed by atoms with van der Waals surface area (Å²) in [7, 11) is -4.70. The number of carbonyl (C=O) groups is 3. The Kier molecular flexibility index (Phi) is 33.5. The zero-order chi connectivity index (χ0) is 37.1. The highest BCUT2D eigenvalue weighted by Gasteiger charge is 2.28. The third kappa shape index (κ3) is 33.6. The molecule has 0 aromatic heterocycles. The minimum Gasteiger partial charge on any atom is -0.480 e. The number of carbonyl (C=O) groups excluding carboxylic acids is 2. The van der Waals surface area contributed by atoms with Crippen LogP contribution in [0.2, 0.25) is 0 Å². The Morgan fingerprint density at radius 1 is 0.540 bits per heavy atom. The van der Waals surface area contributed by atoms with E-state index in [1.54, 1.807) is 0 Å². The van der Waals surface area contributed by atoms with E-state index in [0.29, 0.717) is 12.8 Å². The number of esters is 2. The summed E-state index contributed by atoms with van der Waals surface area (Å²) in [4.78, 5) is 45.6. The van der Waals surface area contributed by atoms with Crippen LogP contribution in [0, 0.1) is 0 Å². The lowest BCUT2D eigenvalue weighted by atomic mass is 10.0. The molecule has 12 heteroatoms. The molecule has 0 saturated heterocycles. The van der Waals surface area contributed by atoms with Crippen molar-refractivity contribution in [1.82, 2.24) is 0 Å². The summed E-state index contributed by atoms with van der Waals surface area (Å²) in [5, 5.41) is 8.85. The maximum absolute atomic E-state index is 12.5. The predicted molar refractivity (Wildman–Crippen MR) is 199 cm³/mol. The number of phosphoric ester groups is 1. The number of hydrogen-bond acceptors (Lipinski definition) is 9. The Labute approximate surface area is 304 Å². The van der Waals surface area contributed by atoms with Gasteiger partial charge in [0, 0.05) is 12.8 Å². The molecule has 0 spiro atoms. The number of hydrogen-bond donors (Lipinski definition) is 3. The van der Waals surface area contributed by atoms with Gasteiger partial charge in [-0.15, -0.1) is 0 Å². The monoisotopic (exact) mass is 736 g/mol. The van der Waals surface area contributed by atoms with E-state index in [4.69, 9.17) is 24.8 Å². The molecule has 0 aliphatic rings. The van der Waals surface area contributed by atoms with Crippen molar-refractivity contribution in [2.75, 3.05) is 19.8 Å². The first-order chi connectivity index (χ1) is 24.1. The van der Waals surface area contributed by atoms with Gasteiger partial charge in [0.1, 0.15) is 12.6 Å². The van der Waals surface area contributed by atoms with Crippen LogP contribution in [0.25, 0.3) is 0 Å². The zero-order valence-corrected chi connectivity index (χ0v) is 32.7. The van der Waals surface area contributed by atoms with Crippen LogP contribution in [0.4, 0.5) is 0 Å². The average molecular weight is 736 g/mol. The number of unbranched alkanes of at least 4 members (excludes halogenated alkanes) is 24. The van der Waals surface area contributed by atoms with Crippen LogP contribution < -0.4 is 5.73 Å². The number of nitrogens with two attached hydrogens (primary N) is 1. The van der Waals surface area contributed by atoms with Crippen molar-refractivity contribution >= 4 is 25.7 Å². The Morgan fingerprint density at radius 3 is 1.26 bits per heavy atom. The maximum atomic E-state index is 12.5. The number of carboxylic acid groups (broad SMARTS) is 1. The molecule has 3 atom stereocenters. The number of carboxylic acids is 1. The van der Waals surface area contributed by atoms with Crippen LogP contribution in [0.5, 0.6) is 0 Å². The molecule has 0 aliphatic carbocycles. The molecule has 0 aromatic rings. The van der Waals surface area contributed by atoms with E-state index in [1.165, 1.54) is 116 Å². The van der Waals surface area contributed by atoms with Gasteiger partial charge in [-0.3, -0.25) is 23.4 Å². The van der Waals surface area contributed by atoms with Gasteiger partial charge in [-0.2, -0.15) is 0 Å². The van der Waals surface area contributed by atoms with E-state index in [9.17, 15) is 23.8 Å². The van der Waals surface area contributed by atoms with Gasteiger partial charge in [0.2, 0.25) is 0 Å². The zero-order valence-electron chi connectivity index (χ0n) is 31.8. The normalized spacial score (nSPS) is 13.8. The van der Waals surface area contributed by atoms with Crippen molar-refractivity contribution in [2.24, 2.45) is 5.73 Å². The molecule has 1 unspecified atom stereocenters. The molecule has 4 N–H and O–H groups in total. The van der Waals surface area contributed by atoms with Crippen LogP contribution >= 0.6 is 7.82 Å². The van der Waals surface area contributed by atoms with Gasteiger partial charge < -0.3 is 25.2 Å². The van der Waals surface area contributed by atoms with Gasteiger partial charge in [-0.1, -0.05) is 168 Å². The molecule has 0 aromatic carbocycles. The molecule has 0 saturated carbocycles. The Hall–Kier alpha value is -1.52. The molecule has 0 radical (unpaired) electrons. The second-order valence-electron chi connectivity index (χ2n) is 13.8. The van der Waals surface area contributed by atoms with E-state index >= 15 is 0 Å². The molecule has 0 rings (SSSR count). The van der Waals surface area contributed by atoms with Crippen LogP contribution in [0.3, 0.4) is 0 Å². The molecular weight excluding hydrogens is 661 g/mol. The van der Waals surface area contributed by atoms with Crippen molar-refractivity contribution in [3.8, 4) is 0 Å². The standard InChI is InChI=1S/C38H74NO10P/c1-3-5-7-9-11-13-14-15-16-17-18-19-20-21-22-24-25-27-29-36(40)46-31-34(32-47-50(44,45)48-33-35(39)38(42)43)49-37(41)30-28-26-23-12-10-8-6-4-2/h34-35H,3-33,39H2,1-2H3,(H,42,43)(H,44,45)/t34-,35+/m0/s1. The summed E-state index contributed by atoms with van der Waals surface area (Å²) in [5.74, 6) is -2.37. The van der Waals surface area contributed by atoms with E-state index in [-0.39, 0.29) is 19.4 Å². The SMILES string of the molecule is CCCCCCCCCCCCCCCCCCCCC(=O)OC[C@@H](COP(=O)(O)OC[C@@H](N)C(=O)O)OC(=O)CCCCCCCCCC. The lowest BCUT2D eigenvalue weighted by molar-refractivity contribution is -0.161. The molecule has 50 heavy (non-hydrogen) atoms. The largest absolute Gasteiger partial charge is 0.480 e. The number of ether oxygens (including phenoxy) is 2. The summed E-state index contributed by atoms with van der Waals surface area (Å²) in [6.07, 6.45) is 30.5. The number of aliphatic carboxylic acids is 1. The first kappa shape index (κ1) is 48.5. The molecule has 0 fully saturated rings. The summed E-state index contributed by atoms with van der Waals surface area (Å²) < 4.78 is 32.5. The lowest BCUT2D eigenvalue weighted by Crippen LogP contribution is -2.34. The van der Waals surface area contributed by atoms with Gasteiger partial charge in [0.25, 0.3) is 0 Å². The quantitative estimate of drug-likeness (QED) is 0.0313. The molecule has 296 valence electrons. The molecule has 0 heterocycles. The summed E-state index contributed by atoms with van der Waals surface area (Å²) >= 11 is 0. The Balaban J connectivity index is 4.24. The minimum absolute atomic E-state index is 0.166. The highest BCUT2D eigenvalue weighted by Crippen LogP contribution is 2.43. The van der Waals surface area contributed by atoms with Crippen molar-refractivity contribution < 1.29 is 47.5 Å². The third-order valence-electron chi connectivity index (χ3n) is 8.86. The molecule has 0 amide bonds. The smallest absolute Gasteiger partial charge is 0.472 e. The first-order valence-corrected chi connectivity index (χ1v) is 21.6. The highest BCUT2D eigenvalue weighted by atomic mass is 31.2. The number of rotatable bonds is 38. The van der Waals surface area contributed by atoms with Crippen molar-refractivity contribution in [1.29, 1.82) is 0 Å². The van der Waals surface area contributed by atoms with Crippen molar-refractivity contribution in [3.63, 3.8) is 0 Å². The van der Waals surface area contributed by atoms with Crippen LogP contribution in [-0.4, -0.2) is 59.9 Å². The molecule has 11 nitrogen and oxygen atoms in total. The maximum Gasteiger partial charge on any atom is 0.472 e. The summed E-state index contributed by atoms with van der Waals surface area (Å²) in [6, 6.07) is -1.51. The van der Waals surface area contributed by atoms with Gasteiger partial charge in [-0.05, 0) is 12.8 Å². The van der Waals surface area contributed by atoms with Crippen LogP contribution in [0.1, 0.15) is 194 Å². The van der Waals surface area contributed by atoms with Gasteiger partial charge in [-0.25, -0.2) is 4.57 Å². The van der Waals surface area contributed by atoms with E-state index in [0.717, 1.165) is 38.5 Å². The molecule has 0 bridgehead atoms. The van der Waals surface area contributed by atoms with E-state index < -0.39 is 51.1 Å². The predicted octanol–water partition coefficient (Wildman–Crippen LogP) is 9.95. The Bertz CT molecular complexity index is 875. The van der Waals surface area contributed by atoms with Crippen molar-refractivity contribution in [3.05, 3.63) is 0 Å². The summed E-state index contributed by atoms with van der Waals surface area (Å²) in [6.45, 7) is 2.77. The van der Waals surface area contributed by atoms with Crippen molar-refractivity contribution in [2.45, 2.75) is 206 Å². The Morgan fingerprint density at radius 2 is 0.880 bits per heavy atom. The van der Waals surface area contributed by atoms with Gasteiger partial charge >= 0.3 is 25.7 Å². The van der Waals surface area contributed by atoms with Crippen LogP contribution in [-0.2, 0) is 37.5 Å². The second kappa shape index (κ2) is 34.6. The van der Waals surface area contributed by atoms with E-state index in [1.807, 2.05) is 0 Å². The topological polar surface area (TPSA) is 172 Å². The fourth-order valence-electron chi connectivity index (χ4n) is 5.65. The average Bonchev–Trinajstić information content (AvgIpc) is 3.09. The van der Waals surface area contributed by atoms with Crippen LogP contribution in [0.15, 0.2) is 0 Å². The fourth-order valence-corrected chi connectivity index (χ4v) is 6.43.